The molecule has 0 aromatic heterocycles. The van der Waals surface area contributed by atoms with Gasteiger partial charge in [-0.2, -0.15) is 4.39 Å². The van der Waals surface area contributed by atoms with Crippen LogP contribution in [-0.2, 0) is 26.0 Å². The van der Waals surface area contributed by atoms with Crippen LogP contribution in [0.25, 0.3) is 0 Å². The van der Waals surface area contributed by atoms with Gasteiger partial charge in [-0.25, -0.2) is 13.1 Å². The monoisotopic (exact) mass is 444 g/mol. The predicted molar refractivity (Wildman–Crippen MR) is 103 cm³/mol. The Balaban J connectivity index is 1.83. The second-order valence-electron chi connectivity index (χ2n) is 5.79. The Hall–Kier alpha value is -2.69. The third kappa shape index (κ3) is 7.33. The van der Waals surface area contributed by atoms with Crippen LogP contribution in [0.3, 0.4) is 0 Å². The van der Waals surface area contributed by atoms with Gasteiger partial charge < -0.3 is 15.2 Å². The van der Waals surface area contributed by atoms with E-state index in [9.17, 15) is 22.4 Å². The minimum atomic E-state index is -3.66. The molecule has 0 radical (unpaired) electrons. The summed E-state index contributed by atoms with van der Waals surface area (Å²) in [7, 11) is -3.66. The molecule has 2 aromatic rings. The standard InChI is InChI=1S/C18H18ClFN2O6S/c19-13-3-7-15(8-4-13)29(26,27)22-10-9-12-1-5-14(6-2-12)28-17(20)18(25)21-11-16(23)24/h1-8,17,22H,9-11H2,(H,21,25)(H,23,24). The number of carbonyl (C=O) groups excluding carboxylic acids is 1. The lowest BCUT2D eigenvalue weighted by Gasteiger charge is -2.11. The molecule has 0 saturated carbocycles. The van der Waals surface area contributed by atoms with Gasteiger partial charge in [0.15, 0.2) is 0 Å². The largest absolute Gasteiger partial charge is 0.480 e. The molecule has 1 amide bonds. The van der Waals surface area contributed by atoms with E-state index >= 15 is 0 Å². The lowest BCUT2D eigenvalue weighted by Crippen LogP contribution is -2.38. The van der Waals surface area contributed by atoms with Gasteiger partial charge in [-0.15, -0.1) is 0 Å². The number of sulfonamides is 1. The molecule has 1 atom stereocenters. The van der Waals surface area contributed by atoms with Crippen LogP contribution in [0.4, 0.5) is 4.39 Å². The number of hydrogen-bond acceptors (Lipinski definition) is 5. The number of ether oxygens (including phenoxy) is 1. The normalized spacial score (nSPS) is 12.2. The fraction of sp³-hybridized carbons (Fsp3) is 0.222. The van der Waals surface area contributed by atoms with Gasteiger partial charge >= 0.3 is 12.3 Å². The zero-order valence-corrected chi connectivity index (χ0v) is 16.5. The summed E-state index contributed by atoms with van der Waals surface area (Å²) in [5.74, 6) is -2.44. The first-order valence-corrected chi connectivity index (χ1v) is 10.2. The Morgan fingerprint density at radius 1 is 1.10 bits per heavy atom. The highest BCUT2D eigenvalue weighted by Gasteiger charge is 2.19. The first-order chi connectivity index (χ1) is 13.7. The quantitative estimate of drug-likeness (QED) is 0.513. The summed E-state index contributed by atoms with van der Waals surface area (Å²) in [5.41, 5.74) is 0.752. The SMILES string of the molecule is O=C(O)CNC(=O)C(F)Oc1ccc(CCNS(=O)(=O)c2ccc(Cl)cc2)cc1. The van der Waals surface area contributed by atoms with Crippen molar-refractivity contribution in [3.8, 4) is 5.75 Å². The zero-order valence-electron chi connectivity index (χ0n) is 15.0. The maximum Gasteiger partial charge on any atom is 0.322 e. The Kier molecular flexibility index (Phi) is 7.94. The molecule has 0 fully saturated rings. The van der Waals surface area contributed by atoms with E-state index < -0.39 is 34.8 Å². The number of carboxylic acid groups (broad SMARTS) is 1. The Morgan fingerprint density at radius 3 is 2.31 bits per heavy atom. The number of aliphatic carboxylic acids is 1. The maximum absolute atomic E-state index is 13.6. The third-order valence-electron chi connectivity index (χ3n) is 3.61. The van der Waals surface area contributed by atoms with E-state index in [1.165, 1.54) is 36.4 Å². The molecular formula is C18H18ClFN2O6S. The van der Waals surface area contributed by atoms with Crippen LogP contribution in [-0.4, -0.2) is 44.8 Å². The number of carboxylic acids is 1. The van der Waals surface area contributed by atoms with Crippen molar-refractivity contribution < 1.29 is 32.2 Å². The molecule has 3 N–H and O–H groups in total. The van der Waals surface area contributed by atoms with Gasteiger partial charge in [-0.1, -0.05) is 23.7 Å². The van der Waals surface area contributed by atoms with Gasteiger partial charge in [0.2, 0.25) is 10.0 Å². The number of rotatable bonds is 10. The van der Waals surface area contributed by atoms with E-state index in [4.69, 9.17) is 21.4 Å². The summed E-state index contributed by atoms with van der Waals surface area (Å²) >= 11 is 5.74. The third-order valence-corrected chi connectivity index (χ3v) is 5.34. The van der Waals surface area contributed by atoms with E-state index in [0.29, 0.717) is 11.4 Å². The van der Waals surface area contributed by atoms with Gasteiger partial charge in [0, 0.05) is 11.6 Å². The van der Waals surface area contributed by atoms with Crippen molar-refractivity contribution in [3.63, 3.8) is 0 Å². The lowest BCUT2D eigenvalue weighted by atomic mass is 10.1. The van der Waals surface area contributed by atoms with E-state index in [-0.39, 0.29) is 17.2 Å². The van der Waals surface area contributed by atoms with Crippen LogP contribution in [0, 0.1) is 0 Å². The number of amides is 1. The molecule has 2 rings (SSSR count). The highest BCUT2D eigenvalue weighted by molar-refractivity contribution is 7.89. The summed E-state index contributed by atoms with van der Waals surface area (Å²) < 4.78 is 45.3. The average molecular weight is 445 g/mol. The van der Waals surface area contributed by atoms with E-state index in [1.807, 2.05) is 5.32 Å². The highest BCUT2D eigenvalue weighted by atomic mass is 35.5. The summed E-state index contributed by atoms with van der Waals surface area (Å²) in [6.45, 7) is -0.581. The first-order valence-electron chi connectivity index (χ1n) is 8.32. The Morgan fingerprint density at radius 2 is 1.72 bits per heavy atom. The van der Waals surface area contributed by atoms with Crippen molar-refractivity contribution in [3.05, 3.63) is 59.1 Å². The molecule has 11 heteroatoms. The highest BCUT2D eigenvalue weighted by Crippen LogP contribution is 2.16. The van der Waals surface area contributed by atoms with Gasteiger partial charge in [-0.05, 0) is 48.4 Å². The molecule has 0 heterocycles. The summed E-state index contributed by atoms with van der Waals surface area (Å²) in [6.07, 6.45) is -1.99. The molecule has 0 spiro atoms. The molecule has 0 bridgehead atoms. The molecule has 0 aliphatic heterocycles. The second kappa shape index (κ2) is 10.2. The molecular weight excluding hydrogens is 427 g/mol. The number of alkyl halides is 1. The molecule has 29 heavy (non-hydrogen) atoms. The van der Waals surface area contributed by atoms with Crippen molar-refractivity contribution in [2.45, 2.75) is 17.7 Å². The summed E-state index contributed by atoms with van der Waals surface area (Å²) in [4.78, 5) is 21.8. The Labute approximate surface area is 171 Å². The minimum absolute atomic E-state index is 0.0634. The lowest BCUT2D eigenvalue weighted by molar-refractivity contribution is -0.141. The van der Waals surface area contributed by atoms with Crippen molar-refractivity contribution >= 4 is 33.5 Å². The fourth-order valence-corrected chi connectivity index (χ4v) is 3.34. The number of nitrogens with one attached hydrogen (secondary N) is 2. The Bertz CT molecular complexity index is 951. The smallest absolute Gasteiger partial charge is 0.322 e. The van der Waals surface area contributed by atoms with Gasteiger partial charge in [-0.3, -0.25) is 9.59 Å². The minimum Gasteiger partial charge on any atom is -0.480 e. The van der Waals surface area contributed by atoms with Crippen LogP contribution in [0.15, 0.2) is 53.4 Å². The molecule has 0 saturated heterocycles. The average Bonchev–Trinajstić information content (AvgIpc) is 2.67. The van der Waals surface area contributed by atoms with Crippen LogP contribution in [0.2, 0.25) is 5.02 Å². The molecule has 0 aliphatic rings. The van der Waals surface area contributed by atoms with Crippen molar-refractivity contribution in [1.82, 2.24) is 10.0 Å². The molecule has 2 aromatic carbocycles. The van der Waals surface area contributed by atoms with Crippen LogP contribution >= 0.6 is 11.6 Å². The molecule has 156 valence electrons. The van der Waals surface area contributed by atoms with E-state index in [1.54, 1.807) is 12.1 Å². The second-order valence-corrected chi connectivity index (χ2v) is 7.99. The first kappa shape index (κ1) is 22.6. The number of halogens is 2. The molecule has 0 aliphatic carbocycles. The molecule has 8 nitrogen and oxygen atoms in total. The zero-order chi connectivity index (χ0) is 21.4. The van der Waals surface area contributed by atoms with Gasteiger partial charge in [0.25, 0.3) is 5.91 Å². The topological polar surface area (TPSA) is 122 Å². The molecule has 1 unspecified atom stereocenters. The maximum atomic E-state index is 13.6. The fourth-order valence-electron chi connectivity index (χ4n) is 2.18. The van der Waals surface area contributed by atoms with Gasteiger partial charge in [0.05, 0.1) is 4.90 Å². The summed E-state index contributed by atoms with van der Waals surface area (Å²) in [6, 6.07) is 11.8. The van der Waals surface area contributed by atoms with Gasteiger partial charge in [0.1, 0.15) is 12.3 Å². The van der Waals surface area contributed by atoms with Crippen molar-refractivity contribution in [2.75, 3.05) is 13.1 Å². The van der Waals surface area contributed by atoms with Crippen molar-refractivity contribution in [1.29, 1.82) is 0 Å². The predicted octanol–water partition coefficient (Wildman–Crippen LogP) is 1.74. The van der Waals surface area contributed by atoms with Crippen molar-refractivity contribution in [2.24, 2.45) is 0 Å². The number of hydrogen-bond donors (Lipinski definition) is 3. The van der Waals surface area contributed by atoms with Crippen LogP contribution in [0.1, 0.15) is 5.56 Å². The van der Waals surface area contributed by atoms with Crippen LogP contribution < -0.4 is 14.8 Å². The van der Waals surface area contributed by atoms with E-state index in [2.05, 4.69) is 4.72 Å². The summed E-state index contributed by atoms with van der Waals surface area (Å²) in [5, 5.41) is 10.7. The number of carbonyl (C=O) groups is 2. The van der Waals surface area contributed by atoms with E-state index in [0.717, 1.165) is 5.56 Å². The number of benzene rings is 2. The van der Waals surface area contributed by atoms with Crippen LogP contribution in [0.5, 0.6) is 5.75 Å².